The number of hydrogen-bond donors (Lipinski definition) is 1. The van der Waals surface area contributed by atoms with Crippen LogP contribution in [0.15, 0.2) is 23.4 Å². The highest BCUT2D eigenvalue weighted by molar-refractivity contribution is 6.02. The summed E-state index contributed by atoms with van der Waals surface area (Å²) in [5.74, 6) is 0. The Morgan fingerprint density at radius 2 is 2.21 bits per heavy atom. The van der Waals surface area contributed by atoms with Crippen LogP contribution < -0.4 is 0 Å². The maximum Gasteiger partial charge on any atom is 0.0870 e. The molecule has 1 aromatic rings. The van der Waals surface area contributed by atoms with E-state index < -0.39 is 0 Å². The molecule has 74 valence electrons. The molecular formula is C12H15NO. The molecule has 0 saturated heterocycles. The molecule has 0 amide bonds. The van der Waals surface area contributed by atoms with Gasteiger partial charge in [0.05, 0.1) is 5.71 Å². The molecule has 0 bridgehead atoms. The quantitative estimate of drug-likeness (QED) is 0.534. The number of hydrogen-bond acceptors (Lipinski definition) is 2. The topological polar surface area (TPSA) is 32.6 Å². The zero-order valence-corrected chi connectivity index (χ0v) is 8.45. The van der Waals surface area contributed by atoms with E-state index in [0.717, 1.165) is 37.0 Å². The van der Waals surface area contributed by atoms with Gasteiger partial charge in [-0.15, -0.1) is 0 Å². The average Bonchev–Trinajstić information content (AvgIpc) is 2.27. The summed E-state index contributed by atoms with van der Waals surface area (Å²) in [6.45, 7) is 2.14. The van der Waals surface area contributed by atoms with Gasteiger partial charge in [-0.1, -0.05) is 24.2 Å². The van der Waals surface area contributed by atoms with Crippen LogP contribution in [0.4, 0.5) is 0 Å². The van der Waals surface area contributed by atoms with E-state index in [9.17, 15) is 0 Å². The van der Waals surface area contributed by atoms with Gasteiger partial charge in [0.2, 0.25) is 0 Å². The fourth-order valence-electron chi connectivity index (χ4n) is 2.01. The largest absolute Gasteiger partial charge is 0.411 e. The Hall–Kier alpha value is -1.31. The number of aryl methyl sites for hydroxylation is 2. The van der Waals surface area contributed by atoms with Crippen molar-refractivity contribution in [2.75, 3.05) is 0 Å². The molecule has 0 aromatic heterocycles. The second-order valence-electron chi connectivity index (χ2n) is 3.75. The van der Waals surface area contributed by atoms with Crippen LogP contribution in [0.1, 0.15) is 36.5 Å². The zero-order valence-electron chi connectivity index (χ0n) is 8.45. The van der Waals surface area contributed by atoms with E-state index in [1.165, 1.54) is 11.1 Å². The fraction of sp³-hybridized carbons (Fsp3) is 0.417. The van der Waals surface area contributed by atoms with E-state index >= 15 is 0 Å². The van der Waals surface area contributed by atoms with Crippen molar-refractivity contribution in [3.05, 3.63) is 34.9 Å². The van der Waals surface area contributed by atoms with Gasteiger partial charge in [0, 0.05) is 5.56 Å². The summed E-state index contributed by atoms with van der Waals surface area (Å²) in [5, 5.41) is 12.3. The predicted molar refractivity (Wildman–Crippen MR) is 57.1 cm³/mol. The van der Waals surface area contributed by atoms with Gasteiger partial charge in [-0.05, 0) is 42.9 Å². The van der Waals surface area contributed by atoms with E-state index in [-0.39, 0.29) is 0 Å². The molecule has 2 heteroatoms. The number of rotatable bonds is 1. The summed E-state index contributed by atoms with van der Waals surface area (Å²) in [4.78, 5) is 0. The van der Waals surface area contributed by atoms with E-state index in [4.69, 9.17) is 5.21 Å². The number of fused-ring (bicyclic) bond motifs is 1. The minimum Gasteiger partial charge on any atom is -0.411 e. The average molecular weight is 189 g/mol. The highest BCUT2D eigenvalue weighted by Gasteiger charge is 2.15. The molecule has 0 saturated carbocycles. The summed E-state index contributed by atoms with van der Waals surface area (Å²) in [7, 11) is 0. The van der Waals surface area contributed by atoms with Gasteiger partial charge in [0.25, 0.3) is 0 Å². The van der Waals surface area contributed by atoms with Crippen LogP contribution in [0, 0.1) is 0 Å². The van der Waals surface area contributed by atoms with Gasteiger partial charge in [0.1, 0.15) is 0 Å². The molecule has 1 aliphatic carbocycles. The summed E-state index contributed by atoms with van der Waals surface area (Å²) in [5.41, 5.74) is 4.63. The highest BCUT2D eigenvalue weighted by Crippen LogP contribution is 2.23. The lowest BCUT2D eigenvalue weighted by Gasteiger charge is -2.17. The standard InChI is InChI=1S/C12H15NO/c1-2-9-6-7-10-4-3-5-12(13-14)11(10)8-9/h6-8,14H,2-5H2,1H3/b13-12+. The van der Waals surface area contributed by atoms with Gasteiger partial charge < -0.3 is 5.21 Å². The first-order valence-corrected chi connectivity index (χ1v) is 5.18. The van der Waals surface area contributed by atoms with Crippen molar-refractivity contribution in [3.8, 4) is 0 Å². The van der Waals surface area contributed by atoms with Gasteiger partial charge in [-0.25, -0.2) is 0 Å². The minimum atomic E-state index is 0.849. The van der Waals surface area contributed by atoms with Gasteiger partial charge in [0.15, 0.2) is 0 Å². The van der Waals surface area contributed by atoms with Crippen molar-refractivity contribution in [3.63, 3.8) is 0 Å². The second kappa shape index (κ2) is 3.82. The molecule has 14 heavy (non-hydrogen) atoms. The molecule has 0 atom stereocenters. The molecule has 0 unspecified atom stereocenters. The number of nitrogens with zero attached hydrogens (tertiary/aromatic N) is 1. The Kier molecular flexibility index (Phi) is 2.53. The Bertz CT molecular complexity index is 369. The summed E-state index contributed by atoms with van der Waals surface area (Å²) in [6, 6.07) is 6.49. The third-order valence-corrected chi connectivity index (χ3v) is 2.87. The molecule has 0 spiro atoms. The van der Waals surface area contributed by atoms with Crippen LogP contribution in [0.25, 0.3) is 0 Å². The predicted octanol–water partition coefficient (Wildman–Crippen LogP) is 2.76. The van der Waals surface area contributed by atoms with Crippen LogP contribution in [-0.4, -0.2) is 10.9 Å². The Morgan fingerprint density at radius 3 is 2.93 bits per heavy atom. The third-order valence-electron chi connectivity index (χ3n) is 2.87. The molecule has 2 rings (SSSR count). The number of benzene rings is 1. The Balaban J connectivity index is 2.49. The summed E-state index contributed by atoms with van der Waals surface area (Å²) >= 11 is 0. The van der Waals surface area contributed by atoms with Crippen molar-refractivity contribution in [1.82, 2.24) is 0 Å². The van der Waals surface area contributed by atoms with Crippen LogP contribution in [0.3, 0.4) is 0 Å². The van der Waals surface area contributed by atoms with Gasteiger partial charge in [-0.3, -0.25) is 0 Å². The smallest absolute Gasteiger partial charge is 0.0870 e. The normalized spacial score (nSPS) is 18.2. The molecular weight excluding hydrogens is 174 g/mol. The van der Waals surface area contributed by atoms with Crippen LogP contribution >= 0.6 is 0 Å². The first kappa shape index (κ1) is 9.25. The van der Waals surface area contributed by atoms with E-state index in [0.29, 0.717) is 0 Å². The molecule has 0 aliphatic heterocycles. The van der Waals surface area contributed by atoms with Gasteiger partial charge >= 0.3 is 0 Å². The van der Waals surface area contributed by atoms with E-state index in [2.05, 4.69) is 30.3 Å². The second-order valence-corrected chi connectivity index (χ2v) is 3.75. The molecule has 1 N–H and O–H groups in total. The summed E-state index contributed by atoms with van der Waals surface area (Å²) < 4.78 is 0. The van der Waals surface area contributed by atoms with Crippen LogP contribution in [0.2, 0.25) is 0 Å². The van der Waals surface area contributed by atoms with Crippen molar-refractivity contribution < 1.29 is 5.21 Å². The van der Waals surface area contributed by atoms with Crippen molar-refractivity contribution in [1.29, 1.82) is 0 Å². The lowest BCUT2D eigenvalue weighted by atomic mass is 9.88. The summed E-state index contributed by atoms with van der Waals surface area (Å²) in [6.07, 6.45) is 4.14. The SMILES string of the molecule is CCc1ccc2c(c1)/C(=N/O)CCC2. The van der Waals surface area contributed by atoms with Crippen molar-refractivity contribution in [2.24, 2.45) is 5.16 Å². The van der Waals surface area contributed by atoms with Crippen LogP contribution in [0.5, 0.6) is 0 Å². The lowest BCUT2D eigenvalue weighted by molar-refractivity contribution is 0.317. The van der Waals surface area contributed by atoms with E-state index in [1.807, 2.05) is 0 Å². The fourth-order valence-corrected chi connectivity index (χ4v) is 2.01. The molecule has 0 fully saturated rings. The third kappa shape index (κ3) is 1.52. The maximum absolute atomic E-state index is 8.89. The Labute approximate surface area is 84.3 Å². The minimum absolute atomic E-state index is 0.849. The maximum atomic E-state index is 8.89. The van der Waals surface area contributed by atoms with Crippen LogP contribution in [-0.2, 0) is 12.8 Å². The molecule has 1 aliphatic rings. The first-order chi connectivity index (χ1) is 6.85. The molecule has 2 nitrogen and oxygen atoms in total. The van der Waals surface area contributed by atoms with Crippen molar-refractivity contribution in [2.45, 2.75) is 32.6 Å². The lowest BCUT2D eigenvalue weighted by Crippen LogP contribution is -2.12. The Morgan fingerprint density at radius 1 is 1.36 bits per heavy atom. The molecule has 0 radical (unpaired) electrons. The van der Waals surface area contributed by atoms with E-state index in [1.54, 1.807) is 0 Å². The molecule has 1 aromatic carbocycles. The van der Waals surface area contributed by atoms with Crippen molar-refractivity contribution >= 4 is 5.71 Å². The monoisotopic (exact) mass is 189 g/mol. The highest BCUT2D eigenvalue weighted by atomic mass is 16.4. The van der Waals surface area contributed by atoms with Gasteiger partial charge in [-0.2, -0.15) is 0 Å². The molecule has 0 heterocycles. The first-order valence-electron chi connectivity index (χ1n) is 5.18. The number of oxime groups is 1. The zero-order chi connectivity index (χ0) is 9.97.